The molecule has 1 fully saturated rings. The van der Waals surface area contributed by atoms with E-state index in [4.69, 9.17) is 23.2 Å². The first-order valence-electron chi connectivity index (χ1n) is 10.4. The number of hydrogen-bond donors (Lipinski definition) is 4. The molecular weight excluding hydrogens is 545 g/mol. The third kappa shape index (κ3) is 5.30. The highest BCUT2D eigenvalue weighted by molar-refractivity contribution is 7.89. The third-order valence-electron chi connectivity index (χ3n) is 5.56. The first-order valence-corrected chi connectivity index (χ1v) is 12.6. The summed E-state index contributed by atoms with van der Waals surface area (Å²) in [6, 6.07) is 5.92. The van der Waals surface area contributed by atoms with E-state index >= 15 is 0 Å². The average Bonchev–Trinajstić information content (AvgIpc) is 2.75. The Labute approximate surface area is 212 Å². The molecule has 0 aliphatic heterocycles. The van der Waals surface area contributed by atoms with Gasteiger partial charge in [0.1, 0.15) is 10.6 Å². The van der Waals surface area contributed by atoms with Crippen molar-refractivity contribution in [3.63, 3.8) is 0 Å². The highest BCUT2D eigenvalue weighted by Crippen LogP contribution is 2.32. The lowest BCUT2D eigenvalue weighted by molar-refractivity contribution is 0.0712. The number of halogens is 4. The smallest absolute Gasteiger partial charge is 0.349 e. The third-order valence-corrected chi connectivity index (χ3v) is 7.78. The van der Waals surface area contributed by atoms with Gasteiger partial charge in [-0.1, -0.05) is 29.3 Å². The molecule has 0 atom stereocenters. The molecule has 1 heterocycles. The van der Waals surface area contributed by atoms with Crippen molar-refractivity contribution in [3.05, 3.63) is 78.0 Å². The van der Waals surface area contributed by atoms with Crippen molar-refractivity contribution in [2.24, 2.45) is 0 Å². The van der Waals surface area contributed by atoms with Crippen molar-refractivity contribution >= 4 is 33.2 Å². The summed E-state index contributed by atoms with van der Waals surface area (Å²) < 4.78 is 54.5. The number of aliphatic hydroxyl groups is 1. The average molecular weight is 563 g/mol. The molecule has 0 radical (unpaired) electrons. The van der Waals surface area contributed by atoms with Crippen LogP contribution in [0.2, 0.25) is 10.0 Å². The topological polar surface area (TPSA) is 154 Å². The molecule has 0 unspecified atom stereocenters. The quantitative estimate of drug-likeness (QED) is 0.344. The zero-order valence-electron chi connectivity index (χ0n) is 18.1. The molecule has 1 aliphatic carbocycles. The molecule has 0 saturated heterocycles. The predicted molar refractivity (Wildman–Crippen MR) is 126 cm³/mol. The van der Waals surface area contributed by atoms with E-state index in [0.29, 0.717) is 15.8 Å². The summed E-state index contributed by atoms with van der Waals surface area (Å²) in [6.07, 6.45) is -3.25. The molecule has 10 nitrogen and oxygen atoms in total. The molecule has 4 N–H and O–H groups in total. The lowest BCUT2D eigenvalue weighted by atomic mass is 9.91. The van der Waals surface area contributed by atoms with E-state index in [9.17, 15) is 37.0 Å². The van der Waals surface area contributed by atoms with Crippen LogP contribution >= 0.6 is 23.2 Å². The van der Waals surface area contributed by atoms with Crippen LogP contribution in [0.25, 0.3) is 5.69 Å². The molecule has 192 valence electrons. The molecule has 0 amide bonds. The Balaban J connectivity index is 1.66. The van der Waals surface area contributed by atoms with Crippen LogP contribution in [0, 0.1) is 0 Å². The summed E-state index contributed by atoms with van der Waals surface area (Å²) in [5.74, 6) is -0.475. The fraction of sp³-hybridized carbons (Fsp3) is 0.286. The van der Waals surface area contributed by atoms with Crippen molar-refractivity contribution in [2.45, 2.75) is 42.7 Å². The number of aromatic nitrogens is 3. The summed E-state index contributed by atoms with van der Waals surface area (Å²) in [4.78, 5) is 25.0. The lowest BCUT2D eigenvalue weighted by Gasteiger charge is -2.31. The van der Waals surface area contributed by atoms with Crippen LogP contribution < -0.4 is 16.0 Å². The number of alkyl halides is 2. The van der Waals surface area contributed by atoms with Crippen LogP contribution in [0.15, 0.2) is 44.8 Å². The summed E-state index contributed by atoms with van der Waals surface area (Å²) in [5, 5.41) is 22.9. The summed E-state index contributed by atoms with van der Waals surface area (Å²) >= 11 is 12.7. The van der Waals surface area contributed by atoms with E-state index in [1.54, 1.807) is 4.98 Å². The van der Waals surface area contributed by atoms with Gasteiger partial charge in [-0.15, -0.1) is 0 Å². The lowest BCUT2D eigenvalue weighted by Crippen LogP contribution is -2.46. The van der Waals surface area contributed by atoms with Gasteiger partial charge >= 0.3 is 5.69 Å². The number of benzene rings is 2. The number of phenols is 1. The number of sulfonamides is 1. The highest BCUT2D eigenvalue weighted by Gasteiger charge is 2.32. The summed E-state index contributed by atoms with van der Waals surface area (Å²) in [7, 11) is -4.09. The number of H-pyrrole nitrogens is 1. The van der Waals surface area contributed by atoms with Crippen LogP contribution in [0.5, 0.6) is 5.75 Å². The van der Waals surface area contributed by atoms with Crippen molar-refractivity contribution in [1.82, 2.24) is 19.5 Å². The van der Waals surface area contributed by atoms with Crippen LogP contribution in [-0.2, 0) is 16.4 Å². The maximum absolute atomic E-state index is 13.0. The SMILES string of the molecule is O=c1[nH]c(=O)n(-c2cc(Cl)c(Cc3ccc(O)c(S(=O)(=O)NC4CC(O)C4)c3)c(Cl)c2)nc1C(F)F. The number of aliphatic hydroxyl groups excluding tert-OH is 1. The van der Waals surface area contributed by atoms with Gasteiger partial charge in [0, 0.05) is 22.5 Å². The van der Waals surface area contributed by atoms with Crippen LogP contribution in [-0.4, -0.2) is 45.5 Å². The van der Waals surface area contributed by atoms with Gasteiger partial charge in [0.15, 0.2) is 5.69 Å². The molecule has 1 saturated carbocycles. The van der Waals surface area contributed by atoms with Gasteiger partial charge in [0.2, 0.25) is 10.0 Å². The molecule has 0 spiro atoms. The minimum absolute atomic E-state index is 0.00931. The van der Waals surface area contributed by atoms with Gasteiger partial charge in [-0.3, -0.25) is 9.78 Å². The monoisotopic (exact) mass is 562 g/mol. The number of nitrogens with zero attached hydrogens (tertiary/aromatic N) is 2. The number of rotatable bonds is 7. The minimum atomic E-state index is -4.09. The molecule has 1 aliphatic rings. The van der Waals surface area contributed by atoms with E-state index in [1.807, 2.05) is 0 Å². The van der Waals surface area contributed by atoms with Gasteiger partial charge in [0.05, 0.1) is 11.8 Å². The van der Waals surface area contributed by atoms with Gasteiger partial charge in [-0.2, -0.15) is 9.78 Å². The Morgan fingerprint density at radius 3 is 2.39 bits per heavy atom. The largest absolute Gasteiger partial charge is 0.507 e. The van der Waals surface area contributed by atoms with Crippen LogP contribution in [0.1, 0.15) is 36.1 Å². The molecule has 3 aromatic rings. The van der Waals surface area contributed by atoms with E-state index in [0.717, 1.165) is 0 Å². The van der Waals surface area contributed by atoms with Gasteiger partial charge in [-0.25, -0.2) is 26.7 Å². The predicted octanol–water partition coefficient (Wildman–Crippen LogP) is 2.26. The van der Waals surface area contributed by atoms with E-state index < -0.39 is 51.3 Å². The second-order valence-corrected chi connectivity index (χ2v) is 10.7. The Morgan fingerprint density at radius 2 is 1.81 bits per heavy atom. The molecule has 15 heteroatoms. The molecule has 4 rings (SSSR count). The maximum atomic E-state index is 13.0. The van der Waals surface area contributed by atoms with Crippen molar-refractivity contribution in [3.8, 4) is 11.4 Å². The van der Waals surface area contributed by atoms with Gasteiger partial charge in [0.25, 0.3) is 12.0 Å². The summed E-state index contributed by atoms with van der Waals surface area (Å²) in [6.45, 7) is 0. The van der Waals surface area contributed by atoms with E-state index in [1.165, 1.54) is 30.3 Å². The zero-order chi connectivity index (χ0) is 26.4. The second kappa shape index (κ2) is 9.90. The fourth-order valence-electron chi connectivity index (χ4n) is 3.67. The van der Waals surface area contributed by atoms with Gasteiger partial charge in [-0.05, 0) is 48.2 Å². The Hall–Kier alpha value is -2.84. The number of aromatic amines is 1. The Morgan fingerprint density at radius 1 is 1.17 bits per heavy atom. The van der Waals surface area contributed by atoms with E-state index in [-0.39, 0.29) is 39.9 Å². The highest BCUT2D eigenvalue weighted by atomic mass is 35.5. The summed E-state index contributed by atoms with van der Waals surface area (Å²) in [5.41, 5.74) is -2.91. The molecule has 2 aromatic carbocycles. The maximum Gasteiger partial charge on any atom is 0.349 e. The van der Waals surface area contributed by atoms with Gasteiger partial charge < -0.3 is 10.2 Å². The number of hydrogen-bond acceptors (Lipinski definition) is 7. The number of nitrogens with one attached hydrogen (secondary N) is 2. The first-order chi connectivity index (χ1) is 16.9. The number of aromatic hydroxyl groups is 1. The Kier molecular flexibility index (Phi) is 7.21. The van der Waals surface area contributed by atoms with Crippen molar-refractivity contribution < 1.29 is 27.4 Å². The van der Waals surface area contributed by atoms with E-state index in [2.05, 4.69) is 9.82 Å². The molecule has 1 aromatic heterocycles. The normalized spacial score (nSPS) is 17.8. The first kappa shape index (κ1) is 26.2. The fourth-order valence-corrected chi connectivity index (χ4v) is 5.68. The standard InChI is InChI=1S/C21H18Cl2F2N4O6S/c22-14-7-11(29-21(33)26-20(32)18(27-29)19(24)25)8-15(23)13(14)3-9-1-2-16(31)17(4-9)36(34,35)28-10-5-12(30)6-10/h1-2,4,7-8,10,12,19,28,30-31H,3,5-6H2,(H,26,32,33). The van der Waals surface area contributed by atoms with Crippen molar-refractivity contribution in [1.29, 1.82) is 0 Å². The second-order valence-electron chi connectivity index (χ2n) is 8.17. The molecule has 36 heavy (non-hydrogen) atoms. The molecular formula is C21H18Cl2F2N4O6S. The van der Waals surface area contributed by atoms with Crippen molar-refractivity contribution in [2.75, 3.05) is 0 Å². The zero-order valence-corrected chi connectivity index (χ0v) is 20.4. The van der Waals surface area contributed by atoms with Crippen LogP contribution in [0.4, 0.5) is 8.78 Å². The minimum Gasteiger partial charge on any atom is -0.507 e. The number of phenolic OH excluding ortho intramolecular Hbond substituents is 1. The van der Waals surface area contributed by atoms with Crippen LogP contribution in [0.3, 0.4) is 0 Å². The Bertz CT molecular complexity index is 1530. The molecule has 0 bridgehead atoms.